The molecule has 3 rings (SSSR count). The van der Waals surface area contributed by atoms with E-state index in [1.807, 2.05) is 50.2 Å². The van der Waals surface area contributed by atoms with E-state index in [2.05, 4.69) is 15.8 Å². The molecule has 8 heteroatoms. The van der Waals surface area contributed by atoms with E-state index in [-0.39, 0.29) is 18.4 Å². The Kier molecular flexibility index (Phi) is 7.54. The number of nitrogens with one attached hydrogen (secondary N) is 2. The molecule has 31 heavy (non-hydrogen) atoms. The van der Waals surface area contributed by atoms with Crippen molar-refractivity contribution in [3.05, 3.63) is 58.6 Å². The smallest absolute Gasteiger partial charge is 0.240 e. The van der Waals surface area contributed by atoms with E-state index in [0.29, 0.717) is 36.1 Å². The summed E-state index contributed by atoms with van der Waals surface area (Å²) in [6.07, 6.45) is 0.415. The molecule has 3 N–H and O–H groups in total. The first-order valence-corrected chi connectivity index (χ1v) is 10.6. The van der Waals surface area contributed by atoms with Gasteiger partial charge < -0.3 is 14.6 Å². The lowest BCUT2D eigenvalue weighted by Crippen LogP contribution is -2.48. The minimum Gasteiger partial charge on any atom is -0.492 e. The van der Waals surface area contributed by atoms with E-state index in [1.165, 1.54) is 0 Å². The van der Waals surface area contributed by atoms with Crippen LogP contribution in [0.2, 0.25) is 5.02 Å². The fraction of sp³-hybridized carbons (Fsp3) is 0.391. The fourth-order valence-corrected chi connectivity index (χ4v) is 3.40. The van der Waals surface area contributed by atoms with Crippen LogP contribution in [0, 0.1) is 12.8 Å². The molecule has 1 aliphatic heterocycles. The first kappa shape index (κ1) is 23.1. The normalized spacial score (nSPS) is 18.0. The van der Waals surface area contributed by atoms with Crippen LogP contribution < -0.4 is 20.2 Å². The quantitative estimate of drug-likeness (QED) is 0.407. The third-order valence-corrected chi connectivity index (χ3v) is 5.17. The van der Waals surface area contributed by atoms with Crippen molar-refractivity contribution in [3.8, 4) is 11.5 Å². The van der Waals surface area contributed by atoms with Gasteiger partial charge in [-0.05, 0) is 43.7 Å². The second kappa shape index (κ2) is 10.1. The molecule has 0 aliphatic carbocycles. The highest BCUT2D eigenvalue weighted by molar-refractivity contribution is 6.32. The van der Waals surface area contributed by atoms with Crippen molar-refractivity contribution in [1.82, 2.24) is 10.7 Å². The average Bonchev–Trinajstić information content (AvgIpc) is 2.72. The molecule has 2 aromatic carbocycles. The molecule has 166 valence electrons. The van der Waals surface area contributed by atoms with Crippen molar-refractivity contribution in [2.45, 2.75) is 32.9 Å². The summed E-state index contributed by atoms with van der Waals surface area (Å²) >= 11 is 6.13. The van der Waals surface area contributed by atoms with Crippen molar-refractivity contribution in [1.29, 1.82) is 0 Å². The standard InChI is InChI=1S/C23H28ClN3O4/c1-15-7-8-19(24)20(11-15)31-14-23(3,29)25-9-10-30-18-6-4-5-17(13-18)22-16(2)12-21(28)26-27-22/h4-8,11,13,16,25,29H,9-10,12,14H2,1-3H3,(H,26,28). The number of amides is 1. The Morgan fingerprint density at radius 1 is 1.29 bits per heavy atom. The van der Waals surface area contributed by atoms with Gasteiger partial charge in [-0.2, -0.15) is 5.10 Å². The maximum atomic E-state index is 11.4. The zero-order valence-electron chi connectivity index (χ0n) is 17.9. The van der Waals surface area contributed by atoms with E-state index in [4.69, 9.17) is 21.1 Å². The Morgan fingerprint density at radius 3 is 2.87 bits per heavy atom. The van der Waals surface area contributed by atoms with Crippen LogP contribution in [0.5, 0.6) is 11.5 Å². The highest BCUT2D eigenvalue weighted by Gasteiger charge is 2.22. The number of hydrogen-bond acceptors (Lipinski definition) is 6. The van der Waals surface area contributed by atoms with Crippen LogP contribution in [0.4, 0.5) is 0 Å². The molecular weight excluding hydrogens is 418 g/mol. The topological polar surface area (TPSA) is 92.2 Å². The number of hydrogen-bond donors (Lipinski definition) is 3. The van der Waals surface area contributed by atoms with E-state index in [0.717, 1.165) is 16.8 Å². The number of hydrazone groups is 1. The maximum Gasteiger partial charge on any atom is 0.240 e. The lowest BCUT2D eigenvalue weighted by molar-refractivity contribution is -0.121. The molecule has 2 unspecified atom stereocenters. The summed E-state index contributed by atoms with van der Waals surface area (Å²) in [4.78, 5) is 11.4. The number of benzene rings is 2. The number of aryl methyl sites for hydroxylation is 1. The van der Waals surface area contributed by atoms with E-state index >= 15 is 0 Å². The van der Waals surface area contributed by atoms with Crippen LogP contribution in [-0.2, 0) is 4.79 Å². The summed E-state index contributed by atoms with van der Waals surface area (Å²) in [5, 5.41) is 18.2. The molecule has 7 nitrogen and oxygen atoms in total. The molecule has 2 aromatic rings. The van der Waals surface area contributed by atoms with Crippen LogP contribution in [0.3, 0.4) is 0 Å². The van der Waals surface area contributed by atoms with Gasteiger partial charge in [-0.25, -0.2) is 5.43 Å². The van der Waals surface area contributed by atoms with Gasteiger partial charge in [0.25, 0.3) is 0 Å². The predicted molar refractivity (Wildman–Crippen MR) is 121 cm³/mol. The molecule has 0 spiro atoms. The van der Waals surface area contributed by atoms with E-state index in [9.17, 15) is 9.90 Å². The Hall–Kier alpha value is -2.61. The first-order chi connectivity index (χ1) is 14.7. The van der Waals surface area contributed by atoms with E-state index < -0.39 is 5.72 Å². The lowest BCUT2D eigenvalue weighted by Gasteiger charge is -2.25. The average molecular weight is 446 g/mol. The van der Waals surface area contributed by atoms with Crippen molar-refractivity contribution in [2.75, 3.05) is 19.8 Å². The Morgan fingerprint density at radius 2 is 2.10 bits per heavy atom. The van der Waals surface area contributed by atoms with Gasteiger partial charge in [-0.3, -0.25) is 10.1 Å². The molecular formula is C23H28ClN3O4. The predicted octanol–water partition coefficient (Wildman–Crippen LogP) is 3.26. The molecule has 0 saturated heterocycles. The van der Waals surface area contributed by atoms with E-state index in [1.54, 1.807) is 13.0 Å². The molecule has 0 fully saturated rings. The summed E-state index contributed by atoms with van der Waals surface area (Å²) < 4.78 is 11.5. The van der Waals surface area contributed by atoms with Crippen LogP contribution in [0.15, 0.2) is 47.6 Å². The second-order valence-corrected chi connectivity index (χ2v) is 8.34. The Balaban J connectivity index is 1.48. The molecule has 0 bridgehead atoms. The van der Waals surface area contributed by atoms with Gasteiger partial charge in [0.05, 0.1) is 10.7 Å². The summed E-state index contributed by atoms with van der Waals surface area (Å²) in [6, 6.07) is 13.1. The van der Waals surface area contributed by atoms with Crippen molar-refractivity contribution >= 4 is 23.2 Å². The second-order valence-electron chi connectivity index (χ2n) is 7.94. The number of nitrogens with zero attached hydrogens (tertiary/aromatic N) is 1. The Bertz CT molecular complexity index is 962. The van der Waals surface area contributed by atoms with Gasteiger partial charge in [-0.15, -0.1) is 0 Å². The van der Waals surface area contributed by atoms with Crippen molar-refractivity contribution in [3.63, 3.8) is 0 Å². The minimum atomic E-state index is -1.25. The first-order valence-electron chi connectivity index (χ1n) is 10.2. The molecule has 0 aromatic heterocycles. The van der Waals surface area contributed by atoms with Crippen molar-refractivity contribution < 1.29 is 19.4 Å². The number of carbonyl (C=O) groups excluding carboxylic acids is 1. The summed E-state index contributed by atoms with van der Waals surface area (Å²) in [6.45, 7) is 6.36. The zero-order chi connectivity index (χ0) is 22.4. The number of carbonyl (C=O) groups is 1. The summed E-state index contributed by atoms with van der Waals surface area (Å²) in [5.41, 5.74) is 4.05. The van der Waals surface area contributed by atoms with Crippen molar-refractivity contribution in [2.24, 2.45) is 11.0 Å². The number of ether oxygens (including phenoxy) is 2. The number of rotatable bonds is 9. The highest BCUT2D eigenvalue weighted by Crippen LogP contribution is 2.26. The lowest BCUT2D eigenvalue weighted by atomic mass is 9.94. The summed E-state index contributed by atoms with van der Waals surface area (Å²) in [5.74, 6) is 1.19. The van der Waals surface area contributed by atoms with Crippen LogP contribution in [0.1, 0.15) is 31.4 Å². The number of aliphatic hydroxyl groups is 1. The fourth-order valence-electron chi connectivity index (χ4n) is 3.23. The summed E-state index contributed by atoms with van der Waals surface area (Å²) in [7, 11) is 0. The van der Waals surface area contributed by atoms with Gasteiger partial charge in [-0.1, -0.05) is 36.7 Å². The molecule has 1 aliphatic rings. The zero-order valence-corrected chi connectivity index (χ0v) is 18.7. The SMILES string of the molecule is Cc1ccc(Cl)c(OCC(C)(O)NCCOc2cccc(C3=NNC(=O)CC3C)c2)c1. The van der Waals surface area contributed by atoms with Crippen LogP contribution in [0.25, 0.3) is 0 Å². The third-order valence-electron chi connectivity index (χ3n) is 4.86. The van der Waals surface area contributed by atoms with Gasteiger partial charge >= 0.3 is 0 Å². The highest BCUT2D eigenvalue weighted by atomic mass is 35.5. The van der Waals surface area contributed by atoms with Crippen LogP contribution >= 0.6 is 11.6 Å². The maximum absolute atomic E-state index is 11.4. The molecule has 1 heterocycles. The minimum absolute atomic E-state index is 0.0368. The largest absolute Gasteiger partial charge is 0.492 e. The Labute approximate surface area is 187 Å². The monoisotopic (exact) mass is 445 g/mol. The molecule has 0 saturated carbocycles. The van der Waals surface area contributed by atoms with Gasteiger partial charge in [0, 0.05) is 24.4 Å². The van der Waals surface area contributed by atoms with Gasteiger partial charge in [0.15, 0.2) is 0 Å². The van der Waals surface area contributed by atoms with Gasteiger partial charge in [0.1, 0.15) is 30.4 Å². The van der Waals surface area contributed by atoms with Crippen LogP contribution in [-0.4, -0.2) is 42.2 Å². The molecule has 1 amide bonds. The van der Waals surface area contributed by atoms with Gasteiger partial charge in [0.2, 0.25) is 5.91 Å². The molecule has 2 atom stereocenters. The molecule has 0 radical (unpaired) electrons. The number of halogens is 1. The third kappa shape index (κ3) is 6.69.